The van der Waals surface area contributed by atoms with E-state index in [1.54, 1.807) is 21.3 Å². The lowest BCUT2D eigenvalue weighted by atomic mass is 9.46. The van der Waals surface area contributed by atoms with Crippen LogP contribution in [0.25, 0.3) is 0 Å². The van der Waals surface area contributed by atoms with Gasteiger partial charge in [0.25, 0.3) is 0 Å². The van der Waals surface area contributed by atoms with Crippen LogP contribution >= 0.6 is 0 Å². The molecule has 0 aromatic heterocycles. The van der Waals surface area contributed by atoms with E-state index < -0.39 is 22.7 Å². The Morgan fingerprint density at radius 2 is 1.94 bits per heavy atom. The molecule has 184 valence electrons. The van der Waals surface area contributed by atoms with Gasteiger partial charge in [0.05, 0.1) is 24.4 Å². The van der Waals surface area contributed by atoms with Crippen molar-refractivity contribution >= 4 is 12.2 Å². The molecule has 1 heterocycles. The molecule has 0 radical (unpaired) electrons. The molecule has 6 rings (SSSR count). The minimum Gasteiger partial charge on any atom is -0.381 e. The molecule has 3 spiro atoms. The fourth-order valence-electron chi connectivity index (χ4n) is 10.2. The van der Waals surface area contributed by atoms with E-state index in [9.17, 15) is 9.59 Å². The zero-order valence-electron chi connectivity index (χ0n) is 20.3. The van der Waals surface area contributed by atoms with Gasteiger partial charge in [0.15, 0.2) is 11.4 Å². The highest BCUT2D eigenvalue weighted by molar-refractivity contribution is 5.98. The molecule has 6 fully saturated rings. The number of likely N-dealkylation sites (N-methyl/N-ethyl adjacent to an activating group) is 1. The second-order valence-corrected chi connectivity index (χ2v) is 11.2. The maximum Gasteiger partial charge on any atom is 0.210 e. The number of fused-ring (bicyclic) bond motifs is 1. The summed E-state index contributed by atoms with van der Waals surface area (Å²) in [5.41, 5.74) is -2.63. The maximum atomic E-state index is 14.8. The third-order valence-electron chi connectivity index (χ3n) is 10.9. The van der Waals surface area contributed by atoms with Crippen LogP contribution in [0.4, 0.5) is 0 Å². The minimum atomic E-state index is -1.23. The van der Waals surface area contributed by atoms with Crippen molar-refractivity contribution in [3.8, 4) is 0 Å². The highest BCUT2D eigenvalue weighted by Gasteiger charge is 2.91. The average Bonchev–Trinajstić information content (AvgIpc) is 3.42. The third kappa shape index (κ3) is 2.14. The van der Waals surface area contributed by atoms with E-state index in [2.05, 4.69) is 6.92 Å². The van der Waals surface area contributed by atoms with Crippen molar-refractivity contribution in [1.82, 2.24) is 4.90 Å². The zero-order chi connectivity index (χ0) is 23.3. The monoisotopic (exact) mass is 463 g/mol. The maximum absolute atomic E-state index is 14.8. The van der Waals surface area contributed by atoms with Crippen LogP contribution in [0, 0.1) is 35.0 Å². The number of carbonyl (C=O) groups excluding carboxylic acids is 2. The fourth-order valence-corrected chi connectivity index (χ4v) is 10.2. The molecule has 0 aromatic carbocycles. The van der Waals surface area contributed by atoms with Gasteiger partial charge in [-0.3, -0.25) is 9.59 Å². The van der Waals surface area contributed by atoms with Crippen LogP contribution in [0.15, 0.2) is 0 Å². The lowest BCUT2D eigenvalue weighted by Crippen LogP contribution is -2.78. The van der Waals surface area contributed by atoms with E-state index in [0.29, 0.717) is 13.0 Å². The summed E-state index contributed by atoms with van der Waals surface area (Å²) in [5, 5.41) is 0. The van der Waals surface area contributed by atoms with Crippen molar-refractivity contribution in [3.05, 3.63) is 0 Å². The molecule has 1 amide bonds. The summed E-state index contributed by atoms with van der Waals surface area (Å²) in [4.78, 5) is 29.1. The summed E-state index contributed by atoms with van der Waals surface area (Å²) >= 11 is 0. The Labute approximate surface area is 195 Å². The smallest absolute Gasteiger partial charge is 0.210 e. The summed E-state index contributed by atoms with van der Waals surface area (Å²) in [7, 11) is 5.26. The van der Waals surface area contributed by atoms with Gasteiger partial charge in [0.1, 0.15) is 12.4 Å². The number of ketones is 1. The highest BCUT2D eigenvalue weighted by atomic mass is 16.7. The van der Waals surface area contributed by atoms with Crippen molar-refractivity contribution in [3.63, 3.8) is 0 Å². The van der Waals surface area contributed by atoms with Crippen LogP contribution in [0.5, 0.6) is 0 Å². The van der Waals surface area contributed by atoms with Crippen molar-refractivity contribution < 1.29 is 33.3 Å². The van der Waals surface area contributed by atoms with Gasteiger partial charge in [-0.25, -0.2) is 0 Å². The number of carbonyl (C=O) groups is 2. The van der Waals surface area contributed by atoms with E-state index in [4.69, 9.17) is 23.7 Å². The Morgan fingerprint density at radius 3 is 2.58 bits per heavy atom. The average molecular weight is 464 g/mol. The quantitative estimate of drug-likeness (QED) is 0.554. The molecular formula is C25H37NO7. The Bertz CT molecular complexity index is 853. The number of methoxy groups -OCH3 is 3. The Balaban J connectivity index is 1.70. The number of ether oxygens (including phenoxy) is 5. The molecule has 1 aliphatic heterocycles. The lowest BCUT2D eigenvalue weighted by molar-refractivity contribution is -0.255. The summed E-state index contributed by atoms with van der Waals surface area (Å²) in [5.74, 6) is 0.395. The number of nitrogens with zero attached hydrogens (tertiary/aromatic N) is 1. The first-order valence-corrected chi connectivity index (χ1v) is 12.6. The highest BCUT2D eigenvalue weighted by Crippen LogP contribution is 2.78. The Hall–Kier alpha value is -1.06. The SMILES string of the molecule is CCN(C=O)[C@H]1[C@@]23C(OC)CC[C@H](C)[C@H]2C(=O)[C@@]12OCO[C@@]21C[C@H](OC)[C@H]2C[C@@H]3[C@@H]1[C@H]2OC. The number of hydrogen-bond donors (Lipinski definition) is 0. The van der Waals surface area contributed by atoms with Gasteiger partial charge in [-0.2, -0.15) is 0 Å². The Kier molecular flexibility index (Phi) is 4.91. The molecule has 8 nitrogen and oxygen atoms in total. The van der Waals surface area contributed by atoms with E-state index in [-0.39, 0.29) is 60.5 Å². The molecule has 1 unspecified atom stereocenters. The van der Waals surface area contributed by atoms with Crippen molar-refractivity contribution in [2.75, 3.05) is 34.7 Å². The lowest BCUT2D eigenvalue weighted by Gasteiger charge is -2.64. The van der Waals surface area contributed by atoms with Gasteiger partial charge in [-0.1, -0.05) is 6.92 Å². The van der Waals surface area contributed by atoms with Crippen molar-refractivity contribution in [1.29, 1.82) is 0 Å². The van der Waals surface area contributed by atoms with E-state index in [0.717, 1.165) is 25.7 Å². The molecule has 8 heteroatoms. The molecular weight excluding hydrogens is 426 g/mol. The number of hydrogen-bond acceptors (Lipinski definition) is 7. The van der Waals surface area contributed by atoms with Crippen LogP contribution in [-0.2, 0) is 33.3 Å². The predicted molar refractivity (Wildman–Crippen MR) is 116 cm³/mol. The van der Waals surface area contributed by atoms with Crippen LogP contribution in [0.2, 0.25) is 0 Å². The molecule has 33 heavy (non-hydrogen) atoms. The van der Waals surface area contributed by atoms with Gasteiger partial charge in [0.2, 0.25) is 6.41 Å². The van der Waals surface area contributed by atoms with Crippen molar-refractivity contribution in [2.24, 2.45) is 35.0 Å². The first kappa shape index (κ1) is 22.4. The number of Topliss-reactive ketones (excluding diaryl/α,β-unsaturated/α-hetero) is 1. The summed E-state index contributed by atoms with van der Waals surface area (Å²) < 4.78 is 31.6. The topological polar surface area (TPSA) is 83.5 Å². The fraction of sp³-hybridized carbons (Fsp3) is 0.920. The summed E-state index contributed by atoms with van der Waals surface area (Å²) in [6.45, 7) is 4.72. The molecule has 4 bridgehead atoms. The standard InChI is InChI=1S/C25H37NO7/c1-6-26(11-27)22-24-15-9-14-16(29-3)10-23(19(15)20(14)31-5)25(22,33-12-32-23)21(28)18(24)13(2)7-8-17(24)30-4/h11,13-20,22H,6-10,12H2,1-5H3/t13-,14+,15+,16-,17?,18-,19+,20-,22-,23+,24-,25+/m0/s1. The van der Waals surface area contributed by atoms with E-state index in [1.807, 2.05) is 11.8 Å². The molecule has 0 aromatic rings. The molecule has 5 aliphatic carbocycles. The third-order valence-corrected chi connectivity index (χ3v) is 10.9. The van der Waals surface area contributed by atoms with Gasteiger partial charge >= 0.3 is 0 Å². The van der Waals surface area contributed by atoms with Gasteiger partial charge < -0.3 is 28.6 Å². The molecule has 5 saturated carbocycles. The van der Waals surface area contributed by atoms with Crippen molar-refractivity contribution in [2.45, 2.75) is 75.1 Å². The second-order valence-electron chi connectivity index (χ2n) is 11.2. The molecule has 6 aliphatic rings. The molecule has 1 saturated heterocycles. The van der Waals surface area contributed by atoms with Gasteiger partial charge in [0, 0.05) is 57.5 Å². The van der Waals surface area contributed by atoms with Gasteiger partial charge in [-0.15, -0.1) is 0 Å². The Morgan fingerprint density at radius 1 is 1.15 bits per heavy atom. The molecule has 0 N–H and O–H groups in total. The van der Waals surface area contributed by atoms with Crippen LogP contribution < -0.4 is 0 Å². The first-order chi connectivity index (χ1) is 15.9. The zero-order valence-corrected chi connectivity index (χ0v) is 20.3. The van der Waals surface area contributed by atoms with Crippen LogP contribution in [-0.4, -0.2) is 87.3 Å². The van der Waals surface area contributed by atoms with E-state index in [1.165, 1.54) is 0 Å². The normalized spacial score (nSPS) is 55.9. The number of amides is 1. The summed E-state index contributed by atoms with van der Waals surface area (Å²) in [6, 6.07) is -0.423. The molecule has 12 atom stereocenters. The second kappa shape index (κ2) is 7.23. The number of rotatable bonds is 6. The van der Waals surface area contributed by atoms with Crippen LogP contribution in [0.3, 0.4) is 0 Å². The minimum absolute atomic E-state index is 0.0000850. The van der Waals surface area contributed by atoms with Crippen LogP contribution in [0.1, 0.15) is 39.5 Å². The summed E-state index contributed by atoms with van der Waals surface area (Å²) in [6.07, 6.45) is 3.87. The van der Waals surface area contributed by atoms with E-state index >= 15 is 0 Å². The predicted octanol–water partition coefficient (Wildman–Crippen LogP) is 1.65. The first-order valence-electron chi connectivity index (χ1n) is 12.6. The van der Waals surface area contributed by atoms with Gasteiger partial charge in [-0.05, 0) is 38.0 Å². The largest absolute Gasteiger partial charge is 0.381 e.